The average Bonchev–Trinajstić information content (AvgIpc) is 2.96. The van der Waals surface area contributed by atoms with Crippen molar-refractivity contribution in [3.8, 4) is 11.5 Å². The van der Waals surface area contributed by atoms with Gasteiger partial charge < -0.3 is 9.47 Å². The summed E-state index contributed by atoms with van der Waals surface area (Å²) in [5.74, 6) is 1.46. The smallest absolute Gasteiger partial charge is 0.270 e. The number of nitrogens with zero attached hydrogens (tertiary/aromatic N) is 1. The third-order valence-corrected chi connectivity index (χ3v) is 5.74. The van der Waals surface area contributed by atoms with Crippen LogP contribution in [0, 0.1) is 0 Å². The van der Waals surface area contributed by atoms with E-state index in [4.69, 9.17) is 21.7 Å². The Bertz CT molecular complexity index is 979. The Kier molecular flexibility index (Phi) is 4.76. The standard InChI is InChI=1S/C21H17NO3S2/c1-13-15(11-14-5-3-4-6-18(14)25-13)12-19-20(23)22(21(26)27-19)16-7-9-17(24-2)10-8-16/h3-13H,1-2H3/b19-12-/t13-/m0/s1. The van der Waals surface area contributed by atoms with E-state index in [2.05, 4.69) is 6.08 Å². The number of carbonyl (C=O) groups is 1. The summed E-state index contributed by atoms with van der Waals surface area (Å²) in [7, 11) is 1.61. The van der Waals surface area contributed by atoms with Gasteiger partial charge in [0.2, 0.25) is 0 Å². The molecule has 0 aliphatic carbocycles. The quantitative estimate of drug-likeness (QED) is 0.551. The van der Waals surface area contributed by atoms with Crippen LogP contribution in [0.4, 0.5) is 5.69 Å². The van der Waals surface area contributed by atoms with Gasteiger partial charge in [-0.25, -0.2) is 0 Å². The molecule has 0 spiro atoms. The van der Waals surface area contributed by atoms with E-state index in [9.17, 15) is 4.79 Å². The number of hydrogen-bond donors (Lipinski definition) is 0. The minimum atomic E-state index is -0.135. The topological polar surface area (TPSA) is 38.8 Å². The molecule has 2 aliphatic rings. The summed E-state index contributed by atoms with van der Waals surface area (Å²) in [4.78, 5) is 15.1. The summed E-state index contributed by atoms with van der Waals surface area (Å²) >= 11 is 6.75. The van der Waals surface area contributed by atoms with Crippen molar-refractivity contribution in [3.63, 3.8) is 0 Å². The van der Waals surface area contributed by atoms with Crippen LogP contribution in [0.5, 0.6) is 11.5 Å². The van der Waals surface area contributed by atoms with Gasteiger partial charge in [0.15, 0.2) is 4.32 Å². The highest BCUT2D eigenvalue weighted by Crippen LogP contribution is 2.38. The number of fused-ring (bicyclic) bond motifs is 1. The Morgan fingerprint density at radius 1 is 1.19 bits per heavy atom. The van der Waals surface area contributed by atoms with Gasteiger partial charge in [0.25, 0.3) is 5.91 Å². The molecule has 0 unspecified atom stereocenters. The molecular weight excluding hydrogens is 378 g/mol. The first-order valence-corrected chi connectivity index (χ1v) is 9.68. The fraction of sp³-hybridized carbons (Fsp3) is 0.143. The van der Waals surface area contributed by atoms with Crippen molar-refractivity contribution in [2.45, 2.75) is 13.0 Å². The third-order valence-electron chi connectivity index (χ3n) is 4.44. The summed E-state index contributed by atoms with van der Waals surface area (Å²) in [6.07, 6.45) is 3.80. The van der Waals surface area contributed by atoms with Crippen LogP contribution in [0.3, 0.4) is 0 Å². The number of anilines is 1. The number of benzene rings is 2. The van der Waals surface area contributed by atoms with Gasteiger partial charge in [0, 0.05) is 5.56 Å². The molecule has 27 heavy (non-hydrogen) atoms. The molecule has 4 rings (SSSR count). The van der Waals surface area contributed by atoms with Crippen LogP contribution in [0.2, 0.25) is 0 Å². The van der Waals surface area contributed by atoms with Crippen molar-refractivity contribution >= 4 is 46.0 Å². The molecule has 1 fully saturated rings. The monoisotopic (exact) mass is 395 g/mol. The summed E-state index contributed by atoms with van der Waals surface area (Å²) < 4.78 is 11.6. The van der Waals surface area contributed by atoms with Crippen LogP contribution in [0.15, 0.2) is 65.1 Å². The molecule has 4 nitrogen and oxygen atoms in total. The second kappa shape index (κ2) is 7.21. The molecule has 2 aliphatic heterocycles. The number of carbonyl (C=O) groups excluding carboxylic acids is 1. The molecule has 0 aromatic heterocycles. The van der Waals surface area contributed by atoms with Gasteiger partial charge in [-0.2, -0.15) is 0 Å². The van der Waals surface area contributed by atoms with Gasteiger partial charge >= 0.3 is 0 Å². The Hall–Kier alpha value is -2.57. The lowest BCUT2D eigenvalue weighted by atomic mass is 10.0. The molecule has 2 aromatic carbocycles. The number of methoxy groups -OCH3 is 1. The van der Waals surface area contributed by atoms with E-state index in [1.165, 1.54) is 11.8 Å². The number of hydrogen-bond acceptors (Lipinski definition) is 5. The fourth-order valence-electron chi connectivity index (χ4n) is 2.99. The Morgan fingerprint density at radius 2 is 1.93 bits per heavy atom. The Labute approximate surface area is 167 Å². The van der Waals surface area contributed by atoms with E-state index in [0.717, 1.165) is 28.3 Å². The highest BCUT2D eigenvalue weighted by atomic mass is 32.2. The summed E-state index contributed by atoms with van der Waals surface area (Å²) in [6, 6.07) is 15.1. The molecule has 0 saturated carbocycles. The maximum Gasteiger partial charge on any atom is 0.270 e. The highest BCUT2D eigenvalue weighted by molar-refractivity contribution is 8.27. The van der Waals surface area contributed by atoms with E-state index in [1.807, 2.05) is 61.5 Å². The van der Waals surface area contributed by atoms with Crippen LogP contribution in [0.25, 0.3) is 6.08 Å². The number of rotatable bonds is 3. The second-order valence-corrected chi connectivity index (χ2v) is 7.83. The zero-order valence-electron chi connectivity index (χ0n) is 14.8. The molecule has 1 amide bonds. The molecule has 0 radical (unpaired) electrons. The maximum absolute atomic E-state index is 12.9. The van der Waals surface area contributed by atoms with Gasteiger partial charge in [0.05, 0.1) is 17.7 Å². The van der Waals surface area contributed by atoms with E-state index < -0.39 is 0 Å². The summed E-state index contributed by atoms with van der Waals surface area (Å²) in [5.41, 5.74) is 2.69. The molecule has 136 valence electrons. The van der Waals surface area contributed by atoms with Crippen molar-refractivity contribution in [1.29, 1.82) is 0 Å². The van der Waals surface area contributed by atoms with Crippen molar-refractivity contribution < 1.29 is 14.3 Å². The predicted molar refractivity (Wildman–Crippen MR) is 113 cm³/mol. The van der Waals surface area contributed by atoms with Crippen LogP contribution in [0.1, 0.15) is 12.5 Å². The lowest BCUT2D eigenvalue weighted by Gasteiger charge is -2.23. The number of para-hydroxylation sites is 1. The largest absolute Gasteiger partial charge is 0.497 e. The highest BCUT2D eigenvalue weighted by Gasteiger charge is 2.34. The molecule has 0 N–H and O–H groups in total. The lowest BCUT2D eigenvalue weighted by Crippen LogP contribution is -2.27. The molecule has 2 heterocycles. The first kappa shape index (κ1) is 17.8. The number of ether oxygens (including phenoxy) is 2. The molecule has 1 atom stereocenters. The maximum atomic E-state index is 12.9. The predicted octanol–water partition coefficient (Wildman–Crippen LogP) is 4.81. The number of thioether (sulfide) groups is 1. The van der Waals surface area contributed by atoms with Crippen molar-refractivity contribution in [2.75, 3.05) is 12.0 Å². The van der Waals surface area contributed by atoms with Gasteiger partial charge in [0.1, 0.15) is 17.6 Å². The van der Waals surface area contributed by atoms with Gasteiger partial charge in [-0.15, -0.1) is 0 Å². The van der Waals surface area contributed by atoms with E-state index in [-0.39, 0.29) is 12.0 Å². The zero-order chi connectivity index (χ0) is 19.0. The summed E-state index contributed by atoms with van der Waals surface area (Å²) in [5, 5.41) is 0. The van der Waals surface area contributed by atoms with Gasteiger partial charge in [-0.3, -0.25) is 9.69 Å². The minimum absolute atomic E-state index is 0.123. The van der Waals surface area contributed by atoms with Crippen molar-refractivity contribution in [2.24, 2.45) is 0 Å². The van der Waals surface area contributed by atoms with Crippen molar-refractivity contribution in [3.05, 3.63) is 70.6 Å². The second-order valence-electron chi connectivity index (χ2n) is 6.16. The first-order valence-electron chi connectivity index (χ1n) is 8.46. The van der Waals surface area contributed by atoms with Crippen LogP contribution >= 0.6 is 24.0 Å². The molecule has 2 aromatic rings. The number of thiocarbonyl (C=S) groups is 1. The lowest BCUT2D eigenvalue weighted by molar-refractivity contribution is -0.113. The molecule has 0 bridgehead atoms. The fourth-order valence-corrected chi connectivity index (χ4v) is 4.29. The van der Waals surface area contributed by atoms with E-state index in [0.29, 0.717) is 9.23 Å². The normalized spacial score (nSPS) is 20.4. The number of amides is 1. The van der Waals surface area contributed by atoms with Crippen LogP contribution in [-0.4, -0.2) is 23.4 Å². The van der Waals surface area contributed by atoms with Crippen LogP contribution in [-0.2, 0) is 4.79 Å². The Morgan fingerprint density at radius 3 is 2.67 bits per heavy atom. The van der Waals surface area contributed by atoms with E-state index in [1.54, 1.807) is 12.0 Å². The third kappa shape index (κ3) is 3.38. The molecular formula is C21H17NO3S2. The van der Waals surface area contributed by atoms with Gasteiger partial charge in [-0.1, -0.05) is 42.2 Å². The zero-order valence-corrected chi connectivity index (χ0v) is 16.5. The van der Waals surface area contributed by atoms with Crippen LogP contribution < -0.4 is 14.4 Å². The van der Waals surface area contributed by atoms with E-state index >= 15 is 0 Å². The first-order chi connectivity index (χ1) is 13.1. The minimum Gasteiger partial charge on any atom is -0.497 e. The SMILES string of the molecule is COc1ccc(N2C(=O)/C(=C/C3=Cc4ccccc4O[C@H]3C)SC2=S)cc1. The average molecular weight is 396 g/mol. The Balaban J connectivity index is 1.64. The molecule has 6 heteroatoms. The summed E-state index contributed by atoms with van der Waals surface area (Å²) in [6.45, 7) is 1.97. The van der Waals surface area contributed by atoms with Gasteiger partial charge in [-0.05, 0) is 55.0 Å². The van der Waals surface area contributed by atoms with Crippen molar-refractivity contribution in [1.82, 2.24) is 0 Å². The molecule has 1 saturated heterocycles.